The van der Waals surface area contributed by atoms with Crippen molar-refractivity contribution in [3.8, 4) is 0 Å². The van der Waals surface area contributed by atoms with Crippen LogP contribution >= 0.6 is 0 Å². The first kappa shape index (κ1) is 17.5. The van der Waals surface area contributed by atoms with Crippen molar-refractivity contribution in [2.24, 2.45) is 0 Å². The molecule has 1 aliphatic heterocycles. The van der Waals surface area contributed by atoms with E-state index < -0.39 is 0 Å². The van der Waals surface area contributed by atoms with Crippen LogP contribution in [0.4, 0.5) is 0 Å². The van der Waals surface area contributed by atoms with Crippen LogP contribution in [0.5, 0.6) is 0 Å². The van der Waals surface area contributed by atoms with E-state index in [1.165, 1.54) is 5.56 Å². The summed E-state index contributed by atoms with van der Waals surface area (Å²) in [7, 11) is 0. The van der Waals surface area contributed by atoms with Gasteiger partial charge in [-0.15, -0.1) is 0 Å². The van der Waals surface area contributed by atoms with Crippen LogP contribution in [-0.2, 0) is 24.3 Å². The molecule has 0 bridgehead atoms. The van der Waals surface area contributed by atoms with Gasteiger partial charge in [0.1, 0.15) is 6.04 Å². The van der Waals surface area contributed by atoms with Crippen molar-refractivity contribution < 1.29 is 4.79 Å². The van der Waals surface area contributed by atoms with E-state index in [1.54, 1.807) is 0 Å². The number of fused-ring (bicyclic) bond motifs is 1. The fraction of sp³-hybridized carbons (Fsp3) is 0.381. The minimum absolute atomic E-state index is 0.109. The molecule has 2 aromatic heterocycles. The van der Waals surface area contributed by atoms with Gasteiger partial charge in [0.2, 0.25) is 5.91 Å². The van der Waals surface area contributed by atoms with Crippen LogP contribution in [0.1, 0.15) is 41.3 Å². The second-order valence-electron chi connectivity index (χ2n) is 7.32. The molecule has 1 atom stereocenters. The molecule has 140 valence electrons. The van der Waals surface area contributed by atoms with Crippen molar-refractivity contribution in [1.82, 2.24) is 24.5 Å². The van der Waals surface area contributed by atoms with Crippen LogP contribution in [0.25, 0.3) is 0 Å². The molecule has 0 radical (unpaired) electrons. The van der Waals surface area contributed by atoms with E-state index in [2.05, 4.69) is 23.3 Å². The standard InChI is InChI=1S/C21H25N5O/c1-15-11-16(2)26(22-15)17(3)21(27)24-9-10-25-20(14-24)13-19(23-25)12-18-7-5-4-6-8-18/h4-8,11,13,17H,9-10,12,14H2,1-3H3/t17-/m0/s1. The SMILES string of the molecule is Cc1cc(C)n([C@@H](C)C(=O)N2CCn3nc(Cc4ccccc4)cc3C2)n1. The van der Waals surface area contributed by atoms with Crippen molar-refractivity contribution in [2.45, 2.75) is 46.3 Å². The molecule has 4 rings (SSSR count). The van der Waals surface area contributed by atoms with Gasteiger partial charge in [0.25, 0.3) is 0 Å². The largest absolute Gasteiger partial charge is 0.333 e. The molecule has 1 amide bonds. The molecule has 0 saturated carbocycles. The summed E-state index contributed by atoms with van der Waals surface area (Å²) in [4.78, 5) is 14.9. The Morgan fingerprint density at radius 3 is 2.59 bits per heavy atom. The van der Waals surface area contributed by atoms with Gasteiger partial charge in [0.15, 0.2) is 0 Å². The number of carbonyl (C=O) groups is 1. The first-order valence-electron chi connectivity index (χ1n) is 9.42. The lowest BCUT2D eigenvalue weighted by Crippen LogP contribution is -2.42. The third kappa shape index (κ3) is 3.52. The first-order chi connectivity index (χ1) is 13.0. The van der Waals surface area contributed by atoms with Crippen LogP contribution in [0.2, 0.25) is 0 Å². The van der Waals surface area contributed by atoms with Crippen LogP contribution in [0.15, 0.2) is 42.5 Å². The Kier molecular flexibility index (Phi) is 4.56. The Bertz CT molecular complexity index is 956. The van der Waals surface area contributed by atoms with E-state index in [0.29, 0.717) is 13.1 Å². The number of hydrogen-bond acceptors (Lipinski definition) is 3. The Morgan fingerprint density at radius 1 is 1.11 bits per heavy atom. The molecule has 6 nitrogen and oxygen atoms in total. The number of aromatic nitrogens is 4. The highest BCUT2D eigenvalue weighted by Crippen LogP contribution is 2.20. The van der Waals surface area contributed by atoms with Gasteiger partial charge in [-0.05, 0) is 38.5 Å². The topological polar surface area (TPSA) is 56.0 Å². The number of carbonyl (C=O) groups excluding carboxylic acids is 1. The highest BCUT2D eigenvalue weighted by molar-refractivity contribution is 5.80. The van der Waals surface area contributed by atoms with Gasteiger partial charge in [-0.25, -0.2) is 0 Å². The summed E-state index contributed by atoms with van der Waals surface area (Å²) in [6.45, 7) is 7.89. The fourth-order valence-electron chi connectivity index (χ4n) is 3.81. The lowest BCUT2D eigenvalue weighted by atomic mass is 10.1. The molecule has 0 fully saturated rings. The third-order valence-electron chi connectivity index (χ3n) is 5.16. The molecule has 1 aromatic carbocycles. The van der Waals surface area contributed by atoms with Crippen molar-refractivity contribution in [2.75, 3.05) is 6.54 Å². The molecule has 0 unspecified atom stereocenters. The average molecular weight is 363 g/mol. The molecule has 6 heteroatoms. The van der Waals surface area contributed by atoms with Crippen LogP contribution in [0.3, 0.4) is 0 Å². The summed E-state index contributed by atoms with van der Waals surface area (Å²) >= 11 is 0. The molecule has 27 heavy (non-hydrogen) atoms. The maximum atomic E-state index is 13.0. The third-order valence-corrected chi connectivity index (χ3v) is 5.16. The highest BCUT2D eigenvalue weighted by atomic mass is 16.2. The van der Waals surface area contributed by atoms with E-state index in [-0.39, 0.29) is 11.9 Å². The minimum Gasteiger partial charge on any atom is -0.333 e. The van der Waals surface area contributed by atoms with E-state index in [4.69, 9.17) is 5.10 Å². The average Bonchev–Trinajstić information content (AvgIpc) is 3.22. The molecule has 0 N–H and O–H groups in total. The zero-order valence-corrected chi connectivity index (χ0v) is 16.1. The monoisotopic (exact) mass is 363 g/mol. The number of amides is 1. The second-order valence-corrected chi connectivity index (χ2v) is 7.32. The Labute approximate surface area is 159 Å². The van der Waals surface area contributed by atoms with Crippen LogP contribution in [0, 0.1) is 13.8 Å². The maximum Gasteiger partial charge on any atom is 0.247 e. The van der Waals surface area contributed by atoms with Crippen LogP contribution < -0.4 is 0 Å². The molecular formula is C21H25N5O. The van der Waals surface area contributed by atoms with E-state index >= 15 is 0 Å². The summed E-state index contributed by atoms with van der Waals surface area (Å²) in [5.41, 5.74) is 5.35. The predicted octanol–water partition coefficient (Wildman–Crippen LogP) is 2.89. The van der Waals surface area contributed by atoms with Gasteiger partial charge in [-0.3, -0.25) is 14.2 Å². The Morgan fingerprint density at radius 2 is 1.89 bits per heavy atom. The molecular weight excluding hydrogens is 338 g/mol. The Hall–Kier alpha value is -2.89. The van der Waals surface area contributed by atoms with E-state index in [0.717, 1.165) is 35.7 Å². The van der Waals surface area contributed by atoms with Gasteiger partial charge in [0, 0.05) is 18.7 Å². The van der Waals surface area contributed by atoms with Gasteiger partial charge in [0.05, 0.1) is 30.2 Å². The quantitative estimate of drug-likeness (QED) is 0.716. The smallest absolute Gasteiger partial charge is 0.247 e. The number of nitrogens with zero attached hydrogens (tertiary/aromatic N) is 5. The van der Waals surface area contributed by atoms with Gasteiger partial charge in [-0.1, -0.05) is 30.3 Å². The Balaban J connectivity index is 1.48. The van der Waals surface area contributed by atoms with Crippen molar-refractivity contribution >= 4 is 5.91 Å². The van der Waals surface area contributed by atoms with Gasteiger partial charge in [-0.2, -0.15) is 10.2 Å². The highest BCUT2D eigenvalue weighted by Gasteiger charge is 2.27. The lowest BCUT2D eigenvalue weighted by molar-refractivity contribution is -0.136. The molecule has 0 aliphatic carbocycles. The van der Waals surface area contributed by atoms with E-state index in [9.17, 15) is 4.79 Å². The van der Waals surface area contributed by atoms with E-state index in [1.807, 2.05) is 59.3 Å². The lowest BCUT2D eigenvalue weighted by Gasteiger charge is -2.30. The fourth-order valence-corrected chi connectivity index (χ4v) is 3.81. The summed E-state index contributed by atoms with van der Waals surface area (Å²) in [5.74, 6) is 0.109. The number of aryl methyl sites for hydroxylation is 2. The van der Waals surface area contributed by atoms with Gasteiger partial charge >= 0.3 is 0 Å². The summed E-state index contributed by atoms with van der Waals surface area (Å²) in [5, 5.41) is 9.19. The number of benzene rings is 1. The zero-order valence-electron chi connectivity index (χ0n) is 16.1. The summed E-state index contributed by atoms with van der Waals surface area (Å²) in [6, 6.07) is 14.2. The van der Waals surface area contributed by atoms with Crippen LogP contribution in [-0.4, -0.2) is 36.9 Å². The molecule has 3 heterocycles. The van der Waals surface area contributed by atoms with Crippen molar-refractivity contribution in [3.05, 3.63) is 70.8 Å². The first-order valence-corrected chi connectivity index (χ1v) is 9.42. The summed E-state index contributed by atoms with van der Waals surface area (Å²) in [6.07, 6.45) is 0.816. The molecule has 0 saturated heterocycles. The molecule has 3 aromatic rings. The molecule has 1 aliphatic rings. The van der Waals surface area contributed by atoms with Gasteiger partial charge < -0.3 is 4.90 Å². The second kappa shape index (κ2) is 7.02. The minimum atomic E-state index is -0.294. The maximum absolute atomic E-state index is 13.0. The van der Waals surface area contributed by atoms with Crippen molar-refractivity contribution in [1.29, 1.82) is 0 Å². The zero-order chi connectivity index (χ0) is 19.0. The summed E-state index contributed by atoms with van der Waals surface area (Å²) < 4.78 is 3.86. The normalized spacial score (nSPS) is 14.9. The molecule has 0 spiro atoms. The number of rotatable bonds is 4. The number of hydrogen-bond donors (Lipinski definition) is 0. The van der Waals surface area contributed by atoms with Crippen molar-refractivity contribution in [3.63, 3.8) is 0 Å². The predicted molar refractivity (Wildman–Crippen MR) is 103 cm³/mol.